The zero-order chi connectivity index (χ0) is 18.6. The Morgan fingerprint density at radius 3 is 2.78 bits per heavy atom. The normalized spacial score (nSPS) is 10.7. The van der Waals surface area contributed by atoms with E-state index in [4.69, 9.17) is 0 Å². The summed E-state index contributed by atoms with van der Waals surface area (Å²) < 4.78 is 1.36. The van der Waals surface area contributed by atoms with Gasteiger partial charge < -0.3 is 0 Å². The number of carbonyl (C=O) groups excluding carboxylic acids is 1. The smallest absolute Gasteiger partial charge is 0.283 e. The first kappa shape index (κ1) is 17.0. The van der Waals surface area contributed by atoms with Crippen LogP contribution in [-0.2, 0) is 6.42 Å². The largest absolute Gasteiger partial charge is 0.333 e. The number of anilines is 1. The highest BCUT2D eigenvalue weighted by molar-refractivity contribution is 7.19. The van der Waals surface area contributed by atoms with Crippen molar-refractivity contribution >= 4 is 22.5 Å². The van der Waals surface area contributed by atoms with Gasteiger partial charge in [-0.25, -0.2) is 24.7 Å². The van der Waals surface area contributed by atoms with Crippen molar-refractivity contribution < 1.29 is 4.79 Å². The molecule has 0 atom stereocenters. The number of aryl methyl sites for hydroxylation is 1. The lowest BCUT2D eigenvalue weighted by Crippen LogP contribution is -2.17. The lowest BCUT2D eigenvalue weighted by Gasteiger charge is -2.03. The third kappa shape index (κ3) is 3.90. The van der Waals surface area contributed by atoms with Crippen molar-refractivity contribution in [2.75, 3.05) is 5.32 Å². The van der Waals surface area contributed by atoms with E-state index >= 15 is 0 Å². The van der Waals surface area contributed by atoms with E-state index in [0.717, 1.165) is 27.7 Å². The number of carbonyl (C=O) groups is 1. The molecule has 27 heavy (non-hydrogen) atoms. The quantitative estimate of drug-likeness (QED) is 0.586. The Balaban J connectivity index is 1.56. The molecule has 0 unspecified atom stereocenters. The predicted octanol–water partition coefficient (Wildman–Crippen LogP) is 3.78. The van der Waals surface area contributed by atoms with Gasteiger partial charge in [0.1, 0.15) is 12.2 Å². The molecule has 0 radical (unpaired) electrons. The SMILES string of the molecule is Cc1nc(NC(=O)n2ccnc2)sc1-c1ccnc(Cc2ccccc2)n1. The average molecular weight is 376 g/mol. The second-order valence-corrected chi connectivity index (χ2v) is 6.85. The Morgan fingerprint density at radius 1 is 1.15 bits per heavy atom. The van der Waals surface area contributed by atoms with Gasteiger partial charge in [-0.2, -0.15) is 0 Å². The summed E-state index contributed by atoms with van der Waals surface area (Å²) in [5.74, 6) is 0.746. The van der Waals surface area contributed by atoms with Gasteiger partial charge in [-0.15, -0.1) is 0 Å². The molecule has 3 heterocycles. The molecule has 8 heteroatoms. The molecule has 0 aliphatic rings. The van der Waals surface area contributed by atoms with E-state index in [1.165, 1.54) is 22.2 Å². The molecular weight excluding hydrogens is 360 g/mol. The Labute approximate surface area is 159 Å². The van der Waals surface area contributed by atoms with E-state index in [1.54, 1.807) is 18.6 Å². The number of amides is 1. The van der Waals surface area contributed by atoms with Gasteiger partial charge in [0, 0.05) is 25.0 Å². The monoisotopic (exact) mass is 376 g/mol. The molecule has 4 rings (SSSR count). The summed E-state index contributed by atoms with van der Waals surface area (Å²) in [7, 11) is 0. The lowest BCUT2D eigenvalue weighted by molar-refractivity contribution is 0.253. The summed E-state index contributed by atoms with van der Waals surface area (Å²) in [6, 6.07) is 11.6. The van der Waals surface area contributed by atoms with Crippen molar-refractivity contribution in [1.82, 2.24) is 24.5 Å². The fraction of sp³-hybridized carbons (Fsp3) is 0.105. The van der Waals surface area contributed by atoms with E-state index in [-0.39, 0.29) is 6.03 Å². The van der Waals surface area contributed by atoms with Crippen molar-refractivity contribution in [2.24, 2.45) is 0 Å². The minimum absolute atomic E-state index is 0.305. The van der Waals surface area contributed by atoms with Gasteiger partial charge in [0.2, 0.25) is 0 Å². The highest BCUT2D eigenvalue weighted by atomic mass is 32.1. The van der Waals surface area contributed by atoms with Gasteiger partial charge in [-0.05, 0) is 18.6 Å². The number of nitrogens with zero attached hydrogens (tertiary/aromatic N) is 5. The molecule has 134 valence electrons. The Bertz CT molecular complexity index is 1060. The Morgan fingerprint density at radius 2 is 2.00 bits per heavy atom. The van der Waals surface area contributed by atoms with E-state index in [0.29, 0.717) is 11.6 Å². The maximum Gasteiger partial charge on any atom is 0.333 e. The number of nitrogens with one attached hydrogen (secondary N) is 1. The van der Waals surface area contributed by atoms with Crippen molar-refractivity contribution in [1.29, 1.82) is 0 Å². The molecule has 0 aliphatic carbocycles. The molecule has 0 saturated carbocycles. The summed E-state index contributed by atoms with van der Waals surface area (Å²) in [5, 5.41) is 3.30. The molecule has 3 aromatic heterocycles. The van der Waals surface area contributed by atoms with Crippen molar-refractivity contribution in [3.8, 4) is 10.6 Å². The first-order chi connectivity index (χ1) is 13.2. The molecule has 1 amide bonds. The van der Waals surface area contributed by atoms with Crippen LogP contribution in [-0.4, -0.2) is 30.5 Å². The van der Waals surface area contributed by atoms with Gasteiger partial charge in [0.25, 0.3) is 0 Å². The highest BCUT2D eigenvalue weighted by Gasteiger charge is 2.14. The topological polar surface area (TPSA) is 85.6 Å². The number of hydrogen-bond donors (Lipinski definition) is 1. The molecular formula is C19H16N6OS. The Hall–Kier alpha value is -3.39. The summed E-state index contributed by atoms with van der Waals surface area (Å²) in [4.78, 5) is 30.4. The molecule has 0 spiro atoms. The van der Waals surface area contributed by atoms with Crippen LogP contribution in [0.25, 0.3) is 10.6 Å². The molecule has 4 aromatic rings. The van der Waals surface area contributed by atoms with Crippen LogP contribution in [0.3, 0.4) is 0 Å². The van der Waals surface area contributed by atoms with Gasteiger partial charge >= 0.3 is 6.03 Å². The summed E-state index contributed by atoms with van der Waals surface area (Å²) in [6.07, 6.45) is 6.99. The van der Waals surface area contributed by atoms with E-state index < -0.39 is 0 Å². The van der Waals surface area contributed by atoms with Crippen molar-refractivity contribution in [2.45, 2.75) is 13.3 Å². The summed E-state index contributed by atoms with van der Waals surface area (Å²) in [5.41, 5.74) is 2.77. The van der Waals surface area contributed by atoms with Crippen LogP contribution >= 0.6 is 11.3 Å². The average Bonchev–Trinajstić information content (AvgIpc) is 3.33. The molecule has 0 saturated heterocycles. The standard InChI is InChI=1S/C19H16N6OS/c1-13-17(27-18(22-13)24-19(26)25-10-9-20-12-25)15-7-8-21-16(23-15)11-14-5-3-2-4-6-14/h2-10,12H,11H2,1H3,(H,22,24,26). The minimum atomic E-state index is -0.305. The zero-order valence-electron chi connectivity index (χ0n) is 14.5. The predicted molar refractivity (Wildman–Crippen MR) is 104 cm³/mol. The number of imidazole rings is 1. The van der Waals surface area contributed by atoms with Gasteiger partial charge in [-0.3, -0.25) is 9.88 Å². The number of aromatic nitrogens is 5. The fourth-order valence-electron chi connectivity index (χ4n) is 2.61. The third-order valence-electron chi connectivity index (χ3n) is 3.89. The van der Waals surface area contributed by atoms with Crippen LogP contribution in [0.15, 0.2) is 61.3 Å². The number of benzene rings is 1. The first-order valence-corrected chi connectivity index (χ1v) is 9.13. The first-order valence-electron chi connectivity index (χ1n) is 8.32. The van der Waals surface area contributed by atoms with Crippen molar-refractivity contribution in [3.63, 3.8) is 0 Å². The van der Waals surface area contributed by atoms with Crippen LogP contribution in [0.4, 0.5) is 9.93 Å². The second kappa shape index (κ2) is 7.46. The third-order valence-corrected chi connectivity index (χ3v) is 4.99. The van der Waals surface area contributed by atoms with E-state index in [1.807, 2.05) is 31.2 Å². The van der Waals surface area contributed by atoms with E-state index in [2.05, 4.69) is 37.4 Å². The van der Waals surface area contributed by atoms with Gasteiger partial charge in [-0.1, -0.05) is 41.7 Å². The Kier molecular flexibility index (Phi) is 4.71. The lowest BCUT2D eigenvalue weighted by atomic mass is 10.1. The maximum absolute atomic E-state index is 12.1. The van der Waals surface area contributed by atoms with Gasteiger partial charge in [0.05, 0.1) is 16.3 Å². The fourth-order valence-corrected chi connectivity index (χ4v) is 3.54. The summed E-state index contributed by atoms with van der Waals surface area (Å²) >= 11 is 1.39. The second-order valence-electron chi connectivity index (χ2n) is 5.85. The molecule has 0 aliphatic heterocycles. The van der Waals surface area contributed by atoms with Crippen molar-refractivity contribution in [3.05, 3.63) is 78.4 Å². The zero-order valence-corrected chi connectivity index (χ0v) is 15.3. The molecule has 0 bridgehead atoms. The van der Waals surface area contributed by atoms with Crippen LogP contribution in [0.2, 0.25) is 0 Å². The van der Waals surface area contributed by atoms with E-state index in [9.17, 15) is 4.79 Å². The molecule has 1 aromatic carbocycles. The van der Waals surface area contributed by atoms with Crippen LogP contribution < -0.4 is 5.32 Å². The minimum Gasteiger partial charge on any atom is -0.283 e. The van der Waals surface area contributed by atoms with Crippen LogP contribution in [0.1, 0.15) is 17.1 Å². The maximum atomic E-state index is 12.1. The van der Waals surface area contributed by atoms with Gasteiger partial charge in [0.15, 0.2) is 5.13 Å². The van der Waals surface area contributed by atoms with Crippen LogP contribution in [0.5, 0.6) is 0 Å². The molecule has 7 nitrogen and oxygen atoms in total. The number of thiazole rings is 1. The number of rotatable bonds is 4. The van der Waals surface area contributed by atoms with Crippen LogP contribution in [0, 0.1) is 6.92 Å². The summed E-state index contributed by atoms with van der Waals surface area (Å²) in [6.45, 7) is 1.90. The molecule has 0 fully saturated rings. The molecule has 1 N–H and O–H groups in total. The number of hydrogen-bond acceptors (Lipinski definition) is 6. The highest BCUT2D eigenvalue weighted by Crippen LogP contribution is 2.31.